The smallest absolute Gasteiger partial charge is 0.326 e. The van der Waals surface area contributed by atoms with Gasteiger partial charge in [-0.1, -0.05) is 20.8 Å². The molecule has 1 fully saturated rings. The van der Waals surface area contributed by atoms with E-state index in [0.717, 1.165) is 6.42 Å². The van der Waals surface area contributed by atoms with Gasteiger partial charge in [0.25, 0.3) is 0 Å². The molecule has 1 rings (SSSR count). The third kappa shape index (κ3) is 3.98. The zero-order chi connectivity index (χ0) is 13.7. The molecule has 0 bridgehead atoms. The van der Waals surface area contributed by atoms with Crippen molar-refractivity contribution in [2.45, 2.75) is 52.2 Å². The molecule has 5 nitrogen and oxygen atoms in total. The Morgan fingerprint density at radius 3 is 2.61 bits per heavy atom. The lowest BCUT2D eigenvalue weighted by molar-refractivity contribution is -0.144. The van der Waals surface area contributed by atoms with E-state index in [1.807, 2.05) is 6.92 Å². The van der Waals surface area contributed by atoms with E-state index in [1.54, 1.807) is 13.8 Å². The number of rotatable bonds is 5. The van der Waals surface area contributed by atoms with E-state index in [9.17, 15) is 9.59 Å². The summed E-state index contributed by atoms with van der Waals surface area (Å²) in [6.07, 6.45) is 2.37. The van der Waals surface area contributed by atoms with Crippen LogP contribution in [0.2, 0.25) is 0 Å². The van der Waals surface area contributed by atoms with Crippen molar-refractivity contribution in [3.05, 3.63) is 0 Å². The number of aliphatic carboxylic acids is 1. The molecule has 1 aliphatic rings. The Labute approximate surface area is 108 Å². The lowest BCUT2D eigenvalue weighted by Gasteiger charge is -2.29. The molecule has 18 heavy (non-hydrogen) atoms. The fraction of sp³-hybridized carbons (Fsp3) is 0.846. The highest BCUT2D eigenvalue weighted by Crippen LogP contribution is 2.22. The van der Waals surface area contributed by atoms with Crippen molar-refractivity contribution in [1.82, 2.24) is 5.32 Å². The van der Waals surface area contributed by atoms with Gasteiger partial charge in [-0.15, -0.1) is 0 Å². The third-order valence-corrected chi connectivity index (χ3v) is 3.42. The Bertz CT molecular complexity index is 303. The van der Waals surface area contributed by atoms with Crippen LogP contribution in [0, 0.1) is 11.8 Å². The minimum atomic E-state index is -0.975. The Morgan fingerprint density at radius 1 is 1.44 bits per heavy atom. The van der Waals surface area contributed by atoms with Gasteiger partial charge in [0.1, 0.15) is 6.04 Å². The summed E-state index contributed by atoms with van der Waals surface area (Å²) in [7, 11) is 0. The predicted molar refractivity (Wildman–Crippen MR) is 67.2 cm³/mol. The summed E-state index contributed by atoms with van der Waals surface area (Å²) < 4.78 is 5.51. The molecule has 0 aromatic heterocycles. The molecule has 1 amide bonds. The first kappa shape index (κ1) is 15.0. The summed E-state index contributed by atoms with van der Waals surface area (Å²) in [5.74, 6) is -1.37. The number of ether oxygens (including phenoxy) is 1. The zero-order valence-corrected chi connectivity index (χ0v) is 11.3. The van der Waals surface area contributed by atoms with Crippen LogP contribution < -0.4 is 5.32 Å². The van der Waals surface area contributed by atoms with Crippen LogP contribution in [0.25, 0.3) is 0 Å². The third-order valence-electron chi connectivity index (χ3n) is 3.42. The molecule has 3 atom stereocenters. The molecule has 1 saturated heterocycles. The Kier molecular flexibility index (Phi) is 5.59. The second kappa shape index (κ2) is 6.73. The van der Waals surface area contributed by atoms with Crippen LogP contribution in [0.5, 0.6) is 0 Å². The lowest BCUT2D eigenvalue weighted by atomic mass is 9.92. The van der Waals surface area contributed by atoms with Gasteiger partial charge in [0, 0.05) is 12.5 Å². The number of carboxylic acids is 1. The summed E-state index contributed by atoms with van der Waals surface area (Å²) in [4.78, 5) is 23.1. The van der Waals surface area contributed by atoms with Gasteiger partial charge >= 0.3 is 5.97 Å². The standard InChI is InChI=1S/C13H23NO4/c1-4-10-7-9(5-6-18-10)12(15)14-11(8(2)3)13(16)17/h8-11H,4-7H2,1-3H3,(H,14,15)(H,16,17)/t9?,10?,11-/m1/s1. The van der Waals surface area contributed by atoms with Crippen molar-refractivity contribution in [1.29, 1.82) is 0 Å². The summed E-state index contributed by atoms with van der Waals surface area (Å²) >= 11 is 0. The van der Waals surface area contributed by atoms with E-state index in [0.29, 0.717) is 19.4 Å². The van der Waals surface area contributed by atoms with Crippen LogP contribution in [0.3, 0.4) is 0 Å². The zero-order valence-electron chi connectivity index (χ0n) is 11.3. The maximum absolute atomic E-state index is 12.0. The predicted octanol–water partition coefficient (Wildman–Crippen LogP) is 1.42. The highest BCUT2D eigenvalue weighted by molar-refractivity contribution is 5.85. The second-order valence-corrected chi connectivity index (χ2v) is 5.19. The molecule has 0 aromatic rings. The molecule has 0 spiro atoms. The number of carbonyl (C=O) groups is 2. The Balaban J connectivity index is 2.55. The van der Waals surface area contributed by atoms with Crippen LogP contribution in [0.4, 0.5) is 0 Å². The summed E-state index contributed by atoms with van der Waals surface area (Å²) in [5, 5.41) is 11.7. The molecule has 1 heterocycles. The topological polar surface area (TPSA) is 75.6 Å². The second-order valence-electron chi connectivity index (χ2n) is 5.19. The highest BCUT2D eigenvalue weighted by Gasteiger charge is 2.30. The lowest BCUT2D eigenvalue weighted by Crippen LogP contribution is -2.48. The van der Waals surface area contributed by atoms with Gasteiger partial charge in [-0.05, 0) is 25.2 Å². The van der Waals surface area contributed by atoms with E-state index in [1.165, 1.54) is 0 Å². The minimum Gasteiger partial charge on any atom is -0.480 e. The molecular formula is C13H23NO4. The van der Waals surface area contributed by atoms with Crippen LogP contribution in [0.15, 0.2) is 0 Å². The molecule has 0 aliphatic carbocycles. The van der Waals surface area contributed by atoms with E-state index in [4.69, 9.17) is 9.84 Å². The van der Waals surface area contributed by atoms with Gasteiger partial charge < -0.3 is 15.2 Å². The summed E-state index contributed by atoms with van der Waals surface area (Å²) in [6, 6.07) is -0.805. The van der Waals surface area contributed by atoms with E-state index < -0.39 is 12.0 Å². The quantitative estimate of drug-likeness (QED) is 0.781. The molecule has 2 unspecified atom stereocenters. The number of carboxylic acid groups (broad SMARTS) is 1. The summed E-state index contributed by atoms with van der Waals surface area (Å²) in [6.45, 7) is 6.19. The van der Waals surface area contributed by atoms with Gasteiger partial charge in [-0.3, -0.25) is 4.79 Å². The number of hydrogen-bond acceptors (Lipinski definition) is 3. The van der Waals surface area contributed by atoms with Crippen molar-refractivity contribution in [3.8, 4) is 0 Å². The number of nitrogens with one attached hydrogen (secondary N) is 1. The van der Waals surface area contributed by atoms with Crippen LogP contribution in [-0.2, 0) is 14.3 Å². The Morgan fingerprint density at radius 2 is 2.11 bits per heavy atom. The Hall–Kier alpha value is -1.10. The monoisotopic (exact) mass is 257 g/mol. The largest absolute Gasteiger partial charge is 0.480 e. The first-order valence-electron chi connectivity index (χ1n) is 6.60. The van der Waals surface area contributed by atoms with Gasteiger partial charge in [-0.25, -0.2) is 4.79 Å². The van der Waals surface area contributed by atoms with Crippen LogP contribution in [-0.4, -0.2) is 35.7 Å². The highest BCUT2D eigenvalue weighted by atomic mass is 16.5. The normalized spacial score (nSPS) is 25.8. The summed E-state index contributed by atoms with van der Waals surface area (Å²) in [5.41, 5.74) is 0. The van der Waals surface area contributed by atoms with Crippen LogP contribution >= 0.6 is 0 Å². The van der Waals surface area contributed by atoms with Crippen molar-refractivity contribution < 1.29 is 19.4 Å². The van der Waals surface area contributed by atoms with Crippen LogP contribution in [0.1, 0.15) is 40.0 Å². The van der Waals surface area contributed by atoms with Gasteiger partial charge in [-0.2, -0.15) is 0 Å². The van der Waals surface area contributed by atoms with Crippen molar-refractivity contribution in [2.24, 2.45) is 11.8 Å². The van der Waals surface area contributed by atoms with E-state index in [-0.39, 0.29) is 23.8 Å². The van der Waals surface area contributed by atoms with Gasteiger partial charge in [0.15, 0.2) is 0 Å². The van der Waals surface area contributed by atoms with Gasteiger partial charge in [0.05, 0.1) is 6.10 Å². The van der Waals surface area contributed by atoms with Crippen molar-refractivity contribution in [3.63, 3.8) is 0 Å². The molecule has 0 saturated carbocycles. The molecule has 2 N–H and O–H groups in total. The van der Waals surface area contributed by atoms with Crippen molar-refractivity contribution >= 4 is 11.9 Å². The molecule has 5 heteroatoms. The number of amides is 1. The number of hydrogen-bond donors (Lipinski definition) is 2. The molecule has 104 valence electrons. The molecule has 1 aliphatic heterocycles. The average Bonchev–Trinajstić information content (AvgIpc) is 2.34. The molecule has 0 aromatic carbocycles. The van der Waals surface area contributed by atoms with E-state index in [2.05, 4.69) is 5.32 Å². The first-order valence-corrected chi connectivity index (χ1v) is 6.60. The first-order chi connectivity index (χ1) is 8.45. The minimum absolute atomic E-state index is 0.117. The maximum atomic E-state index is 12.0. The fourth-order valence-corrected chi connectivity index (χ4v) is 2.19. The van der Waals surface area contributed by atoms with E-state index >= 15 is 0 Å². The average molecular weight is 257 g/mol. The van der Waals surface area contributed by atoms with Gasteiger partial charge in [0.2, 0.25) is 5.91 Å². The fourth-order valence-electron chi connectivity index (χ4n) is 2.19. The molecular weight excluding hydrogens is 234 g/mol. The molecule has 0 radical (unpaired) electrons. The van der Waals surface area contributed by atoms with Crippen molar-refractivity contribution in [2.75, 3.05) is 6.61 Å². The SMILES string of the molecule is CCC1CC(C(=O)N[C@@H](C(=O)O)C(C)C)CCO1. The number of carbonyl (C=O) groups excluding carboxylic acids is 1. The maximum Gasteiger partial charge on any atom is 0.326 e.